The lowest BCUT2D eigenvalue weighted by Crippen LogP contribution is -2.18. The van der Waals surface area contributed by atoms with Crippen molar-refractivity contribution in [1.29, 1.82) is 0 Å². The molecule has 100 valence electrons. The van der Waals surface area contributed by atoms with Crippen LogP contribution in [0.3, 0.4) is 0 Å². The summed E-state index contributed by atoms with van der Waals surface area (Å²) in [6.07, 6.45) is 3.45. The third-order valence-electron chi connectivity index (χ3n) is 2.75. The normalized spacial score (nSPS) is 10.4. The third kappa shape index (κ3) is 4.45. The molecule has 0 aliphatic carbocycles. The number of aromatic nitrogens is 1. The van der Waals surface area contributed by atoms with E-state index in [-0.39, 0.29) is 5.56 Å². The number of benzene rings is 1. The molecule has 0 N–H and O–H groups in total. The number of nitrogens with zero attached hydrogens (tertiary/aromatic N) is 1. The Labute approximate surface area is 117 Å². The highest BCUT2D eigenvalue weighted by atomic mass is 35.5. The van der Waals surface area contributed by atoms with E-state index in [1.165, 1.54) is 6.07 Å². The second kappa shape index (κ2) is 7.00. The lowest BCUT2D eigenvalue weighted by Gasteiger charge is -2.07. The number of hydrogen-bond acceptors (Lipinski definition) is 2. The van der Waals surface area contributed by atoms with Crippen LogP contribution >= 0.6 is 11.6 Å². The first-order chi connectivity index (χ1) is 9.25. The van der Waals surface area contributed by atoms with Crippen molar-refractivity contribution in [2.24, 2.45) is 0 Å². The summed E-state index contributed by atoms with van der Waals surface area (Å²) in [5.74, 6) is 0.877. The molecule has 0 saturated heterocycles. The van der Waals surface area contributed by atoms with Gasteiger partial charge in [-0.25, -0.2) is 0 Å². The molecular formula is C15H16ClNO2. The second-order valence-electron chi connectivity index (χ2n) is 4.25. The minimum atomic E-state index is -0.0200. The summed E-state index contributed by atoms with van der Waals surface area (Å²) in [5, 5.41) is 0.583. The maximum absolute atomic E-state index is 11.5. The lowest BCUT2D eigenvalue weighted by atomic mass is 10.3. The van der Waals surface area contributed by atoms with E-state index in [0.717, 1.165) is 18.6 Å². The first-order valence-corrected chi connectivity index (χ1v) is 6.67. The van der Waals surface area contributed by atoms with Gasteiger partial charge in [-0.3, -0.25) is 4.79 Å². The molecule has 1 aromatic carbocycles. The zero-order valence-corrected chi connectivity index (χ0v) is 11.3. The SMILES string of the molecule is O=c1ccc(Cl)cn1CCCCOc1ccccc1. The van der Waals surface area contributed by atoms with Gasteiger partial charge >= 0.3 is 0 Å². The van der Waals surface area contributed by atoms with Gasteiger partial charge in [-0.2, -0.15) is 0 Å². The highest BCUT2D eigenvalue weighted by molar-refractivity contribution is 6.30. The van der Waals surface area contributed by atoms with Crippen molar-refractivity contribution in [1.82, 2.24) is 4.57 Å². The molecule has 0 radical (unpaired) electrons. The van der Waals surface area contributed by atoms with E-state index in [2.05, 4.69) is 0 Å². The van der Waals surface area contributed by atoms with Crippen molar-refractivity contribution in [3.05, 3.63) is 64.0 Å². The molecule has 1 aromatic heterocycles. The quantitative estimate of drug-likeness (QED) is 0.758. The Morgan fingerprint density at radius 3 is 2.63 bits per heavy atom. The van der Waals surface area contributed by atoms with Gasteiger partial charge in [-0.15, -0.1) is 0 Å². The Hall–Kier alpha value is -1.74. The van der Waals surface area contributed by atoms with Crippen LogP contribution in [0, 0.1) is 0 Å². The van der Waals surface area contributed by atoms with E-state index in [9.17, 15) is 4.79 Å². The van der Waals surface area contributed by atoms with Crippen molar-refractivity contribution in [3.8, 4) is 5.75 Å². The van der Waals surface area contributed by atoms with Gasteiger partial charge in [0.1, 0.15) is 5.75 Å². The van der Waals surface area contributed by atoms with E-state index in [1.807, 2.05) is 30.3 Å². The topological polar surface area (TPSA) is 31.2 Å². The fourth-order valence-electron chi connectivity index (χ4n) is 1.77. The molecule has 0 fully saturated rings. The predicted molar refractivity (Wildman–Crippen MR) is 76.9 cm³/mol. The molecule has 0 aliphatic rings. The van der Waals surface area contributed by atoms with Crippen LogP contribution in [0.1, 0.15) is 12.8 Å². The fourth-order valence-corrected chi connectivity index (χ4v) is 1.95. The Morgan fingerprint density at radius 1 is 1.05 bits per heavy atom. The number of hydrogen-bond donors (Lipinski definition) is 0. The van der Waals surface area contributed by atoms with Crippen molar-refractivity contribution in [2.75, 3.05) is 6.61 Å². The van der Waals surface area contributed by atoms with Gasteiger partial charge in [0.05, 0.1) is 11.6 Å². The van der Waals surface area contributed by atoms with Crippen molar-refractivity contribution >= 4 is 11.6 Å². The molecule has 2 rings (SSSR count). The average Bonchev–Trinajstić information content (AvgIpc) is 2.43. The summed E-state index contributed by atoms with van der Waals surface area (Å²) in [7, 11) is 0. The second-order valence-corrected chi connectivity index (χ2v) is 4.68. The van der Waals surface area contributed by atoms with E-state index in [4.69, 9.17) is 16.3 Å². The number of unbranched alkanes of at least 4 members (excludes halogenated alkanes) is 1. The molecule has 0 atom stereocenters. The zero-order chi connectivity index (χ0) is 13.5. The minimum absolute atomic E-state index is 0.0200. The molecule has 0 spiro atoms. The number of aryl methyl sites for hydroxylation is 1. The van der Waals surface area contributed by atoms with Crippen molar-refractivity contribution in [2.45, 2.75) is 19.4 Å². The molecule has 0 aliphatic heterocycles. The number of pyridine rings is 1. The van der Waals surface area contributed by atoms with E-state index in [0.29, 0.717) is 18.2 Å². The molecular weight excluding hydrogens is 262 g/mol. The standard InChI is InChI=1S/C15H16ClNO2/c16-13-8-9-15(18)17(12-13)10-4-5-11-19-14-6-2-1-3-7-14/h1-3,6-9,12H,4-5,10-11H2. The van der Waals surface area contributed by atoms with E-state index in [1.54, 1.807) is 16.8 Å². The summed E-state index contributed by atoms with van der Waals surface area (Å²) < 4.78 is 7.21. The van der Waals surface area contributed by atoms with Crippen LogP contribution in [-0.2, 0) is 6.54 Å². The summed E-state index contributed by atoms with van der Waals surface area (Å²) in [6.45, 7) is 1.32. The van der Waals surface area contributed by atoms with Crippen molar-refractivity contribution < 1.29 is 4.74 Å². The number of para-hydroxylation sites is 1. The van der Waals surface area contributed by atoms with Crippen molar-refractivity contribution in [3.63, 3.8) is 0 Å². The van der Waals surface area contributed by atoms with Crippen LogP contribution in [-0.4, -0.2) is 11.2 Å². The molecule has 4 heteroatoms. The Kier molecular flexibility index (Phi) is 5.04. The number of rotatable bonds is 6. The number of ether oxygens (including phenoxy) is 1. The average molecular weight is 278 g/mol. The maximum Gasteiger partial charge on any atom is 0.250 e. The van der Waals surface area contributed by atoms with Gasteiger partial charge in [-0.1, -0.05) is 29.8 Å². The van der Waals surface area contributed by atoms with E-state index < -0.39 is 0 Å². The lowest BCUT2D eigenvalue weighted by molar-refractivity contribution is 0.303. The van der Waals surface area contributed by atoms with E-state index >= 15 is 0 Å². The molecule has 0 bridgehead atoms. The maximum atomic E-state index is 11.5. The Bertz CT molecular complexity index is 566. The predicted octanol–water partition coefficient (Wildman–Crippen LogP) is 3.36. The van der Waals surface area contributed by atoms with Gasteiger partial charge in [0, 0.05) is 18.8 Å². The van der Waals surface area contributed by atoms with Crippen LogP contribution in [0.2, 0.25) is 5.02 Å². The first-order valence-electron chi connectivity index (χ1n) is 6.29. The molecule has 3 nitrogen and oxygen atoms in total. The fraction of sp³-hybridized carbons (Fsp3) is 0.267. The van der Waals surface area contributed by atoms with Gasteiger partial charge in [0.15, 0.2) is 0 Å². The molecule has 0 saturated carbocycles. The highest BCUT2D eigenvalue weighted by Crippen LogP contribution is 2.09. The monoisotopic (exact) mass is 277 g/mol. The summed E-state index contributed by atoms with van der Waals surface area (Å²) in [6, 6.07) is 12.8. The van der Waals surface area contributed by atoms with Crippen LogP contribution in [0.25, 0.3) is 0 Å². The van der Waals surface area contributed by atoms with Crippen LogP contribution in [0.5, 0.6) is 5.75 Å². The molecule has 2 aromatic rings. The Balaban J connectivity index is 1.72. The Morgan fingerprint density at radius 2 is 1.84 bits per heavy atom. The summed E-state index contributed by atoms with van der Waals surface area (Å²) >= 11 is 5.85. The van der Waals surface area contributed by atoms with Crippen LogP contribution in [0.4, 0.5) is 0 Å². The minimum Gasteiger partial charge on any atom is -0.494 e. The summed E-state index contributed by atoms with van der Waals surface area (Å²) in [4.78, 5) is 11.5. The molecule has 19 heavy (non-hydrogen) atoms. The van der Waals surface area contributed by atoms with Crippen LogP contribution in [0.15, 0.2) is 53.5 Å². The molecule has 0 unspecified atom stereocenters. The van der Waals surface area contributed by atoms with Gasteiger partial charge in [-0.05, 0) is 31.0 Å². The highest BCUT2D eigenvalue weighted by Gasteiger charge is 1.98. The van der Waals surface area contributed by atoms with Gasteiger partial charge in [0.25, 0.3) is 5.56 Å². The first kappa shape index (κ1) is 13.7. The largest absolute Gasteiger partial charge is 0.494 e. The molecule has 1 heterocycles. The smallest absolute Gasteiger partial charge is 0.250 e. The van der Waals surface area contributed by atoms with Gasteiger partial charge < -0.3 is 9.30 Å². The van der Waals surface area contributed by atoms with Crippen LogP contribution < -0.4 is 10.3 Å². The van der Waals surface area contributed by atoms with Gasteiger partial charge in [0.2, 0.25) is 0 Å². The number of halogens is 1. The zero-order valence-electron chi connectivity index (χ0n) is 10.6. The third-order valence-corrected chi connectivity index (χ3v) is 2.98. The molecule has 0 amide bonds. The summed E-state index contributed by atoms with van der Waals surface area (Å²) in [5.41, 5.74) is -0.0200.